The molecular formula is C18H26N4O. The first-order valence-electron chi connectivity index (χ1n) is 8.38. The summed E-state index contributed by atoms with van der Waals surface area (Å²) >= 11 is 0. The molecular weight excluding hydrogens is 288 g/mol. The van der Waals surface area contributed by atoms with Crippen molar-refractivity contribution < 1.29 is 4.79 Å². The molecule has 23 heavy (non-hydrogen) atoms. The molecule has 5 heteroatoms. The van der Waals surface area contributed by atoms with E-state index in [9.17, 15) is 4.79 Å². The van der Waals surface area contributed by atoms with Gasteiger partial charge in [0.1, 0.15) is 5.82 Å². The van der Waals surface area contributed by atoms with Crippen molar-refractivity contribution in [3.05, 3.63) is 30.2 Å². The summed E-state index contributed by atoms with van der Waals surface area (Å²) in [6.07, 6.45) is 7.28. The summed E-state index contributed by atoms with van der Waals surface area (Å²) in [5, 5.41) is 3.17. The Morgan fingerprint density at radius 2 is 2.13 bits per heavy atom. The third kappa shape index (κ3) is 2.92. The van der Waals surface area contributed by atoms with Crippen molar-refractivity contribution in [3.63, 3.8) is 0 Å². The van der Waals surface area contributed by atoms with Crippen molar-refractivity contribution in [1.29, 1.82) is 0 Å². The van der Waals surface area contributed by atoms with E-state index in [4.69, 9.17) is 4.98 Å². The molecule has 0 saturated carbocycles. The molecule has 1 fully saturated rings. The molecule has 1 atom stereocenters. The van der Waals surface area contributed by atoms with E-state index in [1.807, 2.05) is 51.0 Å². The molecule has 3 heterocycles. The first-order chi connectivity index (χ1) is 10.9. The molecule has 3 rings (SSSR count). The van der Waals surface area contributed by atoms with Gasteiger partial charge < -0.3 is 14.6 Å². The van der Waals surface area contributed by atoms with Crippen LogP contribution in [0.3, 0.4) is 0 Å². The minimum absolute atomic E-state index is 0.0642. The Bertz CT molecular complexity index is 713. The number of aromatic nitrogens is 2. The highest BCUT2D eigenvalue weighted by Gasteiger charge is 2.35. The standard InChI is InChI=1S/C18H26N4O/c1-18(2,3)17(23)22-11-6-5-8-14(22)13-12-21-10-7-9-15(21)16(19-4)20-13/h7,9-10,12,14H,5-6,8,11H2,1-4H3,(H,19,20)/t14-/m0/s1. The fraction of sp³-hybridized carbons (Fsp3) is 0.556. The second-order valence-corrected chi connectivity index (χ2v) is 7.33. The van der Waals surface area contributed by atoms with E-state index in [1.165, 1.54) is 0 Å². The van der Waals surface area contributed by atoms with Gasteiger partial charge in [0, 0.05) is 31.4 Å². The predicted molar refractivity (Wildman–Crippen MR) is 92.5 cm³/mol. The van der Waals surface area contributed by atoms with Gasteiger partial charge in [-0.15, -0.1) is 0 Å². The molecule has 0 spiro atoms. The number of anilines is 1. The quantitative estimate of drug-likeness (QED) is 0.923. The van der Waals surface area contributed by atoms with Gasteiger partial charge in [0.25, 0.3) is 0 Å². The van der Waals surface area contributed by atoms with Gasteiger partial charge in [-0.05, 0) is 31.4 Å². The lowest BCUT2D eigenvalue weighted by Gasteiger charge is -2.39. The van der Waals surface area contributed by atoms with Crippen LogP contribution in [0, 0.1) is 5.41 Å². The number of carbonyl (C=O) groups is 1. The lowest BCUT2D eigenvalue weighted by atomic mass is 9.90. The van der Waals surface area contributed by atoms with E-state index in [0.717, 1.165) is 42.8 Å². The summed E-state index contributed by atoms with van der Waals surface area (Å²) < 4.78 is 2.09. The van der Waals surface area contributed by atoms with Gasteiger partial charge in [0.15, 0.2) is 0 Å². The number of hydrogen-bond acceptors (Lipinski definition) is 3. The minimum Gasteiger partial charge on any atom is -0.371 e. The maximum Gasteiger partial charge on any atom is 0.228 e. The SMILES string of the molecule is CNc1nc([C@@H]2CCCCN2C(=O)C(C)(C)C)cn2cccc12. The molecule has 0 radical (unpaired) electrons. The number of carbonyl (C=O) groups excluding carboxylic acids is 1. The van der Waals surface area contributed by atoms with Crippen molar-refractivity contribution >= 4 is 17.2 Å². The molecule has 1 N–H and O–H groups in total. The Morgan fingerprint density at radius 1 is 1.35 bits per heavy atom. The summed E-state index contributed by atoms with van der Waals surface area (Å²) in [5.74, 6) is 1.07. The molecule has 1 aliphatic rings. The number of nitrogens with zero attached hydrogens (tertiary/aromatic N) is 3. The number of piperidine rings is 1. The molecule has 1 aliphatic heterocycles. The average Bonchev–Trinajstić information content (AvgIpc) is 3.00. The van der Waals surface area contributed by atoms with Gasteiger partial charge in [-0.3, -0.25) is 4.79 Å². The molecule has 1 amide bonds. The first-order valence-corrected chi connectivity index (χ1v) is 8.38. The number of likely N-dealkylation sites (tertiary alicyclic amines) is 1. The molecule has 0 aromatic carbocycles. The van der Waals surface area contributed by atoms with Crippen LogP contribution in [0.4, 0.5) is 5.82 Å². The molecule has 2 aromatic heterocycles. The maximum atomic E-state index is 12.8. The minimum atomic E-state index is -0.362. The maximum absolute atomic E-state index is 12.8. The van der Waals surface area contributed by atoms with Gasteiger partial charge >= 0.3 is 0 Å². The van der Waals surface area contributed by atoms with Crippen LogP contribution in [-0.4, -0.2) is 33.8 Å². The van der Waals surface area contributed by atoms with Gasteiger partial charge in [0.05, 0.1) is 17.3 Å². The molecule has 0 aliphatic carbocycles. The van der Waals surface area contributed by atoms with Crippen LogP contribution >= 0.6 is 0 Å². The van der Waals surface area contributed by atoms with Crippen LogP contribution in [-0.2, 0) is 4.79 Å². The highest BCUT2D eigenvalue weighted by molar-refractivity contribution is 5.82. The van der Waals surface area contributed by atoms with Crippen molar-refractivity contribution in [1.82, 2.24) is 14.3 Å². The monoisotopic (exact) mass is 314 g/mol. The van der Waals surface area contributed by atoms with Crippen LogP contribution in [0.5, 0.6) is 0 Å². The topological polar surface area (TPSA) is 49.6 Å². The fourth-order valence-corrected chi connectivity index (χ4v) is 3.32. The summed E-state index contributed by atoms with van der Waals surface area (Å²) in [7, 11) is 1.89. The Morgan fingerprint density at radius 3 is 2.83 bits per heavy atom. The van der Waals surface area contributed by atoms with E-state index < -0.39 is 0 Å². The Kier molecular flexibility index (Phi) is 4.04. The summed E-state index contributed by atoms with van der Waals surface area (Å²) in [6, 6.07) is 4.12. The third-order valence-corrected chi connectivity index (χ3v) is 4.52. The summed E-state index contributed by atoms with van der Waals surface area (Å²) in [5.41, 5.74) is 1.66. The summed E-state index contributed by atoms with van der Waals surface area (Å²) in [4.78, 5) is 19.7. The lowest BCUT2D eigenvalue weighted by molar-refractivity contribution is -0.143. The van der Waals surface area contributed by atoms with E-state index >= 15 is 0 Å². The number of rotatable bonds is 2. The predicted octanol–water partition coefficient (Wildman–Crippen LogP) is 3.48. The van der Waals surface area contributed by atoms with Crippen LogP contribution in [0.1, 0.15) is 51.8 Å². The highest BCUT2D eigenvalue weighted by atomic mass is 16.2. The number of amides is 1. The van der Waals surface area contributed by atoms with Crippen molar-refractivity contribution in [3.8, 4) is 0 Å². The molecule has 1 saturated heterocycles. The smallest absolute Gasteiger partial charge is 0.228 e. The van der Waals surface area contributed by atoms with Crippen LogP contribution in [0.25, 0.3) is 5.52 Å². The molecule has 124 valence electrons. The molecule has 0 bridgehead atoms. The number of nitrogens with one attached hydrogen (secondary N) is 1. The second-order valence-electron chi connectivity index (χ2n) is 7.33. The van der Waals surface area contributed by atoms with Gasteiger partial charge in [-0.1, -0.05) is 20.8 Å². The van der Waals surface area contributed by atoms with E-state index in [1.54, 1.807) is 0 Å². The number of hydrogen-bond donors (Lipinski definition) is 1. The second kappa shape index (κ2) is 5.87. The summed E-state index contributed by atoms with van der Waals surface area (Å²) in [6.45, 7) is 6.79. The van der Waals surface area contributed by atoms with Crippen molar-refractivity contribution in [2.24, 2.45) is 5.41 Å². The zero-order valence-corrected chi connectivity index (χ0v) is 14.5. The van der Waals surface area contributed by atoms with E-state index in [0.29, 0.717) is 0 Å². The van der Waals surface area contributed by atoms with Crippen molar-refractivity contribution in [2.45, 2.75) is 46.1 Å². The fourth-order valence-electron chi connectivity index (χ4n) is 3.32. The number of fused-ring (bicyclic) bond motifs is 1. The zero-order valence-electron chi connectivity index (χ0n) is 14.5. The Hall–Kier alpha value is -2.04. The van der Waals surface area contributed by atoms with Crippen molar-refractivity contribution in [2.75, 3.05) is 18.9 Å². The van der Waals surface area contributed by atoms with Crippen LogP contribution in [0.15, 0.2) is 24.5 Å². The lowest BCUT2D eigenvalue weighted by Crippen LogP contribution is -2.44. The molecule has 2 aromatic rings. The Labute approximate surface area is 137 Å². The highest BCUT2D eigenvalue weighted by Crippen LogP contribution is 2.34. The molecule has 0 unspecified atom stereocenters. The van der Waals surface area contributed by atoms with E-state index in [2.05, 4.69) is 15.9 Å². The zero-order chi connectivity index (χ0) is 16.6. The first kappa shape index (κ1) is 15.8. The van der Waals surface area contributed by atoms with Crippen LogP contribution in [0.2, 0.25) is 0 Å². The Balaban J connectivity index is 2.02. The third-order valence-electron chi connectivity index (χ3n) is 4.52. The van der Waals surface area contributed by atoms with Gasteiger partial charge in [-0.25, -0.2) is 4.98 Å². The normalized spacial score (nSPS) is 19.1. The average molecular weight is 314 g/mol. The van der Waals surface area contributed by atoms with Crippen LogP contribution < -0.4 is 5.32 Å². The van der Waals surface area contributed by atoms with Gasteiger partial charge in [0.2, 0.25) is 5.91 Å². The largest absolute Gasteiger partial charge is 0.371 e. The van der Waals surface area contributed by atoms with E-state index in [-0.39, 0.29) is 17.4 Å². The molecule has 5 nitrogen and oxygen atoms in total. The van der Waals surface area contributed by atoms with Gasteiger partial charge in [-0.2, -0.15) is 0 Å².